The minimum Gasteiger partial charge on any atom is -0.355 e. The van der Waals surface area contributed by atoms with Gasteiger partial charge in [-0.25, -0.2) is 13.8 Å². The molecule has 11 heteroatoms. The number of benzene rings is 1. The number of aryl methyl sites for hydroxylation is 1. The van der Waals surface area contributed by atoms with Gasteiger partial charge in [0.05, 0.1) is 17.2 Å². The van der Waals surface area contributed by atoms with Crippen LogP contribution in [0.25, 0.3) is 11.3 Å². The van der Waals surface area contributed by atoms with Gasteiger partial charge < -0.3 is 9.84 Å². The number of thiazole rings is 1. The number of hydrogen-bond acceptors (Lipinski definition) is 6. The number of rotatable bonds is 6. The molecular weight excluding hydrogens is 448 g/mol. The lowest BCUT2D eigenvalue weighted by Gasteiger charge is -2.26. The van der Waals surface area contributed by atoms with E-state index in [-0.39, 0.29) is 23.6 Å². The number of nitrogens with zero attached hydrogens (tertiary/aromatic N) is 4. The molecule has 3 aromatic heterocycles. The predicted octanol–water partition coefficient (Wildman–Crippen LogP) is 4.20. The molecule has 0 saturated carbocycles. The largest absolute Gasteiger partial charge is 0.355 e. The van der Waals surface area contributed by atoms with Crippen LogP contribution in [0.15, 0.2) is 46.6 Å². The highest BCUT2D eigenvalue weighted by atomic mass is 35.5. The minimum absolute atomic E-state index is 0.00516. The number of carbonyl (C=O) groups is 1. The van der Waals surface area contributed by atoms with Crippen LogP contribution in [0.1, 0.15) is 28.0 Å². The fraction of sp³-hybridized carbons (Fsp3) is 0.200. The van der Waals surface area contributed by atoms with Crippen molar-refractivity contribution in [2.24, 2.45) is 7.05 Å². The van der Waals surface area contributed by atoms with E-state index in [4.69, 9.17) is 16.1 Å². The van der Waals surface area contributed by atoms with Crippen LogP contribution >= 0.6 is 22.9 Å². The van der Waals surface area contributed by atoms with Crippen molar-refractivity contribution < 1.29 is 18.1 Å². The lowest BCUT2D eigenvalue weighted by molar-refractivity contribution is 0.0938. The maximum absolute atomic E-state index is 14.0. The van der Waals surface area contributed by atoms with Gasteiger partial charge in [0.2, 0.25) is 0 Å². The molecule has 1 N–H and O–H groups in total. The number of nitrogens with one attached hydrogen (secondary N) is 1. The maximum Gasteiger partial charge on any atom is 0.273 e. The first-order valence-electron chi connectivity index (χ1n) is 9.07. The van der Waals surface area contributed by atoms with Gasteiger partial charge in [-0.2, -0.15) is 5.10 Å². The van der Waals surface area contributed by atoms with Gasteiger partial charge >= 0.3 is 0 Å². The van der Waals surface area contributed by atoms with Crippen LogP contribution in [0.4, 0.5) is 8.78 Å². The molecule has 3 heterocycles. The van der Waals surface area contributed by atoms with Gasteiger partial charge in [-0.3, -0.25) is 9.48 Å². The molecule has 0 bridgehead atoms. The van der Waals surface area contributed by atoms with Crippen LogP contribution in [0.2, 0.25) is 5.15 Å². The number of amides is 1. The van der Waals surface area contributed by atoms with Gasteiger partial charge in [-0.05, 0) is 19.1 Å². The highest BCUT2D eigenvalue weighted by molar-refractivity contribution is 7.10. The molecule has 0 aliphatic carbocycles. The van der Waals surface area contributed by atoms with E-state index in [1.54, 1.807) is 23.3 Å². The normalized spacial score (nSPS) is 13.2. The first-order chi connectivity index (χ1) is 14.8. The second-order valence-corrected chi connectivity index (χ2v) is 8.34. The Bertz CT molecular complexity index is 1210. The lowest BCUT2D eigenvalue weighted by atomic mass is 9.85. The van der Waals surface area contributed by atoms with Crippen molar-refractivity contribution in [2.45, 2.75) is 12.3 Å². The highest BCUT2D eigenvalue weighted by Crippen LogP contribution is 2.34. The Kier molecular flexibility index (Phi) is 5.59. The second kappa shape index (κ2) is 8.20. The molecule has 7 nitrogen and oxygen atoms in total. The lowest BCUT2D eigenvalue weighted by Crippen LogP contribution is -2.39. The first kappa shape index (κ1) is 21.1. The van der Waals surface area contributed by atoms with Crippen molar-refractivity contribution in [1.82, 2.24) is 25.2 Å². The molecule has 31 heavy (non-hydrogen) atoms. The van der Waals surface area contributed by atoms with E-state index in [1.807, 2.05) is 13.1 Å². The molecule has 1 aromatic carbocycles. The van der Waals surface area contributed by atoms with Crippen molar-refractivity contribution in [1.29, 1.82) is 0 Å². The Labute approximate surface area is 184 Å². The van der Waals surface area contributed by atoms with Crippen molar-refractivity contribution >= 4 is 28.8 Å². The molecule has 0 aliphatic heterocycles. The van der Waals surface area contributed by atoms with Gasteiger partial charge in [0, 0.05) is 42.9 Å². The van der Waals surface area contributed by atoms with Crippen LogP contribution in [0, 0.1) is 11.6 Å². The van der Waals surface area contributed by atoms with Gasteiger partial charge in [-0.15, -0.1) is 11.3 Å². The van der Waals surface area contributed by atoms with Crippen LogP contribution in [0.5, 0.6) is 0 Å². The average Bonchev–Trinajstić information content (AvgIpc) is 3.47. The molecule has 1 amide bonds. The van der Waals surface area contributed by atoms with E-state index in [2.05, 4.69) is 20.6 Å². The Morgan fingerprint density at radius 1 is 1.35 bits per heavy atom. The molecular formula is C20H16ClF2N5O2S. The number of aromatic nitrogens is 4. The third kappa shape index (κ3) is 4.21. The van der Waals surface area contributed by atoms with E-state index in [0.717, 1.165) is 17.7 Å². The third-order valence-corrected chi connectivity index (χ3v) is 6.26. The zero-order valence-corrected chi connectivity index (χ0v) is 18.0. The van der Waals surface area contributed by atoms with Crippen molar-refractivity contribution in [3.8, 4) is 11.3 Å². The summed E-state index contributed by atoms with van der Waals surface area (Å²) in [5, 5.41) is 13.5. The van der Waals surface area contributed by atoms with Crippen molar-refractivity contribution in [3.63, 3.8) is 0 Å². The molecule has 0 radical (unpaired) electrons. The Morgan fingerprint density at radius 3 is 2.81 bits per heavy atom. The van der Waals surface area contributed by atoms with E-state index < -0.39 is 23.0 Å². The molecule has 0 spiro atoms. The molecule has 4 aromatic rings. The molecule has 0 saturated heterocycles. The predicted molar refractivity (Wildman–Crippen MR) is 111 cm³/mol. The zero-order chi connectivity index (χ0) is 22.2. The van der Waals surface area contributed by atoms with Crippen molar-refractivity contribution in [2.75, 3.05) is 6.54 Å². The summed E-state index contributed by atoms with van der Waals surface area (Å²) in [4.78, 5) is 17.1. The van der Waals surface area contributed by atoms with Gasteiger partial charge in [0.15, 0.2) is 11.5 Å². The molecule has 1 atom stereocenters. The summed E-state index contributed by atoms with van der Waals surface area (Å²) in [6.07, 6.45) is 3.54. The van der Waals surface area contributed by atoms with Crippen LogP contribution in [0.3, 0.4) is 0 Å². The SMILES string of the molecule is Cn1cc(C(C)(CNC(=O)c2cc(-c3ccc(F)cc3F)on2)c2nc(Cl)cs2)cn1. The topological polar surface area (TPSA) is 85.8 Å². The quantitative estimate of drug-likeness (QED) is 0.463. The van der Waals surface area contributed by atoms with Crippen LogP contribution < -0.4 is 5.32 Å². The minimum atomic E-state index is -0.812. The van der Waals surface area contributed by atoms with E-state index >= 15 is 0 Å². The summed E-state index contributed by atoms with van der Waals surface area (Å²) in [6.45, 7) is 2.09. The molecule has 4 rings (SSSR count). The number of hydrogen-bond donors (Lipinski definition) is 1. The summed E-state index contributed by atoms with van der Waals surface area (Å²) >= 11 is 7.39. The molecule has 0 fully saturated rings. The fourth-order valence-electron chi connectivity index (χ4n) is 3.06. The summed E-state index contributed by atoms with van der Waals surface area (Å²) < 4.78 is 33.8. The Morgan fingerprint density at radius 2 is 2.16 bits per heavy atom. The van der Waals surface area contributed by atoms with E-state index in [0.29, 0.717) is 10.2 Å². The summed E-state index contributed by atoms with van der Waals surface area (Å²) in [5.74, 6) is -2.02. The van der Waals surface area contributed by atoms with E-state index in [1.165, 1.54) is 23.5 Å². The summed E-state index contributed by atoms with van der Waals surface area (Å²) in [5.41, 5.74) is 0.114. The summed E-state index contributed by atoms with van der Waals surface area (Å²) in [6, 6.07) is 4.35. The standard InChI is InChI=1S/C20H16ClF2N5O2S/c1-20(11-7-25-28(2)8-11,19-26-17(21)9-31-19)10-24-18(29)15-6-16(30-27-15)13-4-3-12(22)5-14(13)23/h3-9H,10H2,1-2H3,(H,24,29). The van der Waals surface area contributed by atoms with Gasteiger partial charge in [0.1, 0.15) is 21.8 Å². The molecule has 0 aliphatic rings. The Hall–Kier alpha value is -3.11. The highest BCUT2D eigenvalue weighted by Gasteiger charge is 2.34. The van der Waals surface area contributed by atoms with Crippen LogP contribution in [-0.4, -0.2) is 32.4 Å². The number of halogens is 3. The maximum atomic E-state index is 14.0. The fourth-order valence-corrected chi connectivity index (χ4v) is 4.19. The van der Waals surface area contributed by atoms with Crippen molar-refractivity contribution in [3.05, 3.63) is 75.1 Å². The molecule has 160 valence electrons. The van der Waals surface area contributed by atoms with Crippen LogP contribution in [-0.2, 0) is 12.5 Å². The summed E-state index contributed by atoms with van der Waals surface area (Å²) in [7, 11) is 1.79. The molecule has 1 unspecified atom stereocenters. The van der Waals surface area contributed by atoms with Gasteiger partial charge in [-0.1, -0.05) is 16.8 Å². The monoisotopic (exact) mass is 463 g/mol. The Balaban J connectivity index is 1.56. The average molecular weight is 464 g/mol. The van der Waals surface area contributed by atoms with E-state index in [9.17, 15) is 13.6 Å². The smallest absolute Gasteiger partial charge is 0.273 e. The second-order valence-electron chi connectivity index (χ2n) is 7.09. The van der Waals surface area contributed by atoms with Gasteiger partial charge in [0.25, 0.3) is 5.91 Å². The third-order valence-electron chi connectivity index (χ3n) is 4.83. The number of carbonyl (C=O) groups excluding carboxylic acids is 1. The first-order valence-corrected chi connectivity index (χ1v) is 10.3. The zero-order valence-electron chi connectivity index (χ0n) is 16.4.